The molecule has 1 N–H and O–H groups in total. The summed E-state index contributed by atoms with van der Waals surface area (Å²) in [5, 5.41) is 3.41. The van der Waals surface area contributed by atoms with Crippen LogP contribution in [0.3, 0.4) is 0 Å². The average Bonchev–Trinajstić information content (AvgIpc) is 2.88. The van der Waals surface area contributed by atoms with E-state index in [0.717, 1.165) is 6.54 Å². The zero-order valence-corrected chi connectivity index (χ0v) is 13.8. The minimum absolute atomic E-state index is 0.0348. The van der Waals surface area contributed by atoms with Crippen LogP contribution in [0.25, 0.3) is 0 Å². The fraction of sp³-hybridized carbons (Fsp3) is 0.643. The molecule has 106 valence electrons. The Morgan fingerprint density at radius 1 is 1.47 bits per heavy atom. The first-order chi connectivity index (χ1) is 8.84. The van der Waals surface area contributed by atoms with Gasteiger partial charge < -0.3 is 4.90 Å². The summed E-state index contributed by atoms with van der Waals surface area (Å²) in [6.45, 7) is 9.19. The normalized spacial score (nSPS) is 24.3. The molecule has 0 aromatic carbocycles. The van der Waals surface area contributed by atoms with Crippen LogP contribution in [0.1, 0.15) is 36.7 Å². The molecule has 2 rings (SSSR count). The first-order valence-corrected chi connectivity index (χ1v) is 8.56. The molecule has 2 heterocycles. The molecule has 1 aliphatic rings. The number of carbonyl (C=O) groups excluding carboxylic acids is 1. The van der Waals surface area contributed by atoms with Gasteiger partial charge in [-0.3, -0.25) is 10.1 Å². The van der Waals surface area contributed by atoms with Gasteiger partial charge in [0.15, 0.2) is 0 Å². The van der Waals surface area contributed by atoms with E-state index >= 15 is 0 Å². The smallest absolute Gasteiger partial charge is 0.241 e. The lowest BCUT2D eigenvalue weighted by Crippen LogP contribution is -2.40. The highest BCUT2D eigenvalue weighted by atomic mass is 32.2. The van der Waals surface area contributed by atoms with Crippen LogP contribution in [-0.4, -0.2) is 34.4 Å². The Kier molecular flexibility index (Phi) is 4.28. The van der Waals surface area contributed by atoms with Crippen molar-refractivity contribution < 1.29 is 4.79 Å². The number of thioether (sulfide) groups is 1. The highest BCUT2D eigenvalue weighted by Crippen LogP contribution is 2.33. The average molecular weight is 298 g/mol. The maximum atomic E-state index is 12.3. The van der Waals surface area contributed by atoms with Crippen molar-refractivity contribution in [2.24, 2.45) is 0 Å². The van der Waals surface area contributed by atoms with E-state index in [4.69, 9.17) is 0 Å². The number of thiophene rings is 1. The molecule has 1 amide bonds. The quantitative estimate of drug-likeness (QED) is 0.927. The summed E-state index contributed by atoms with van der Waals surface area (Å²) in [6, 6.07) is 4.15. The van der Waals surface area contributed by atoms with Crippen molar-refractivity contribution in [2.45, 2.75) is 44.6 Å². The van der Waals surface area contributed by atoms with E-state index < -0.39 is 0 Å². The molecule has 1 aromatic heterocycles. The lowest BCUT2D eigenvalue weighted by Gasteiger charge is -2.32. The van der Waals surface area contributed by atoms with Crippen LogP contribution in [0.5, 0.6) is 0 Å². The summed E-state index contributed by atoms with van der Waals surface area (Å²) in [5.74, 6) is 0.207. The van der Waals surface area contributed by atoms with E-state index in [2.05, 4.69) is 44.5 Å². The molecule has 0 saturated carbocycles. The van der Waals surface area contributed by atoms with Crippen molar-refractivity contribution in [1.82, 2.24) is 10.2 Å². The third-order valence-electron chi connectivity index (χ3n) is 3.51. The van der Waals surface area contributed by atoms with Gasteiger partial charge in [-0.25, -0.2) is 0 Å². The third kappa shape index (κ3) is 3.15. The van der Waals surface area contributed by atoms with Gasteiger partial charge in [0.1, 0.15) is 6.17 Å². The van der Waals surface area contributed by atoms with E-state index in [0.29, 0.717) is 0 Å². The number of nitrogens with zero attached hydrogens (tertiary/aromatic N) is 1. The van der Waals surface area contributed by atoms with Crippen LogP contribution in [0, 0.1) is 6.92 Å². The molecule has 3 nitrogen and oxygen atoms in total. The molecule has 1 fully saturated rings. The fourth-order valence-electron chi connectivity index (χ4n) is 2.25. The molecule has 0 spiro atoms. The van der Waals surface area contributed by atoms with E-state index in [-0.39, 0.29) is 22.9 Å². The number of nitrogens with one attached hydrogen (secondary N) is 1. The standard InChI is InChI=1S/C14H22N2OS2/c1-9-6-7-11(19-9)12-15-10(2)13(17)16(12)8-14(3,4)18-5/h6-7,10,12,15H,8H2,1-5H3. The van der Waals surface area contributed by atoms with Crippen LogP contribution in [0.15, 0.2) is 12.1 Å². The minimum atomic E-state index is -0.0925. The second-order valence-electron chi connectivity index (χ2n) is 5.67. The molecular weight excluding hydrogens is 276 g/mol. The van der Waals surface area contributed by atoms with Crippen molar-refractivity contribution in [2.75, 3.05) is 12.8 Å². The molecule has 19 heavy (non-hydrogen) atoms. The zero-order chi connectivity index (χ0) is 14.2. The van der Waals surface area contributed by atoms with Crippen molar-refractivity contribution in [3.05, 3.63) is 21.9 Å². The van der Waals surface area contributed by atoms with Gasteiger partial charge >= 0.3 is 0 Å². The summed E-state index contributed by atoms with van der Waals surface area (Å²) >= 11 is 3.56. The number of carbonyl (C=O) groups is 1. The number of hydrogen-bond donors (Lipinski definition) is 1. The summed E-state index contributed by atoms with van der Waals surface area (Å²) < 4.78 is 0.0754. The van der Waals surface area contributed by atoms with Crippen molar-refractivity contribution in [3.63, 3.8) is 0 Å². The minimum Gasteiger partial charge on any atom is -0.319 e. The Morgan fingerprint density at radius 3 is 2.68 bits per heavy atom. The zero-order valence-electron chi connectivity index (χ0n) is 12.2. The monoisotopic (exact) mass is 298 g/mol. The van der Waals surface area contributed by atoms with Crippen molar-refractivity contribution >= 4 is 29.0 Å². The Morgan fingerprint density at radius 2 is 2.16 bits per heavy atom. The second-order valence-corrected chi connectivity index (χ2v) is 8.50. The Labute approximate surface area is 123 Å². The molecule has 2 unspecified atom stereocenters. The topological polar surface area (TPSA) is 32.3 Å². The van der Waals surface area contributed by atoms with E-state index in [9.17, 15) is 4.79 Å². The van der Waals surface area contributed by atoms with Gasteiger partial charge in [-0.1, -0.05) is 0 Å². The molecular formula is C14H22N2OS2. The molecule has 2 atom stereocenters. The summed E-state index contributed by atoms with van der Waals surface area (Å²) in [7, 11) is 0. The van der Waals surface area contributed by atoms with Crippen LogP contribution >= 0.6 is 23.1 Å². The maximum absolute atomic E-state index is 12.3. The molecule has 1 aromatic rings. The van der Waals surface area contributed by atoms with Gasteiger partial charge in [-0.2, -0.15) is 11.8 Å². The van der Waals surface area contributed by atoms with Crippen molar-refractivity contribution in [3.8, 4) is 0 Å². The Bertz CT molecular complexity index is 470. The molecule has 0 aliphatic carbocycles. The highest BCUT2D eigenvalue weighted by Gasteiger charge is 2.40. The van der Waals surface area contributed by atoms with Gasteiger partial charge in [0.05, 0.1) is 6.04 Å². The number of hydrogen-bond acceptors (Lipinski definition) is 4. The second kappa shape index (κ2) is 5.46. The molecule has 1 aliphatic heterocycles. The van der Waals surface area contributed by atoms with Gasteiger partial charge in [0.2, 0.25) is 5.91 Å². The maximum Gasteiger partial charge on any atom is 0.241 e. The Balaban J connectivity index is 2.24. The largest absolute Gasteiger partial charge is 0.319 e. The fourth-order valence-corrected chi connectivity index (χ4v) is 3.47. The Hall–Kier alpha value is -0.520. The predicted molar refractivity (Wildman–Crippen MR) is 83.7 cm³/mol. The van der Waals surface area contributed by atoms with E-state index in [1.165, 1.54) is 9.75 Å². The lowest BCUT2D eigenvalue weighted by atomic mass is 10.2. The van der Waals surface area contributed by atoms with Gasteiger partial charge in [0.25, 0.3) is 0 Å². The molecule has 5 heteroatoms. The van der Waals surface area contributed by atoms with Gasteiger partial charge in [0, 0.05) is 21.0 Å². The summed E-state index contributed by atoms with van der Waals surface area (Å²) in [6.07, 6.45) is 2.13. The number of amides is 1. The number of aryl methyl sites for hydroxylation is 1. The van der Waals surface area contributed by atoms with Gasteiger partial charge in [-0.05, 0) is 46.1 Å². The highest BCUT2D eigenvalue weighted by molar-refractivity contribution is 7.99. The molecule has 1 saturated heterocycles. The molecule has 0 radical (unpaired) electrons. The van der Waals surface area contributed by atoms with Crippen molar-refractivity contribution in [1.29, 1.82) is 0 Å². The van der Waals surface area contributed by atoms with Crippen LogP contribution in [-0.2, 0) is 4.79 Å². The first kappa shape index (κ1) is 14.9. The van der Waals surface area contributed by atoms with Crippen LogP contribution in [0.4, 0.5) is 0 Å². The van der Waals surface area contributed by atoms with E-state index in [1.807, 2.05) is 11.8 Å². The van der Waals surface area contributed by atoms with Gasteiger partial charge in [-0.15, -0.1) is 11.3 Å². The third-order valence-corrected chi connectivity index (χ3v) is 5.79. The summed E-state index contributed by atoms with van der Waals surface area (Å²) in [5.41, 5.74) is 0. The van der Waals surface area contributed by atoms with Crippen LogP contribution in [0.2, 0.25) is 0 Å². The number of rotatable bonds is 4. The summed E-state index contributed by atoms with van der Waals surface area (Å²) in [4.78, 5) is 16.9. The lowest BCUT2D eigenvalue weighted by molar-refractivity contribution is -0.130. The SMILES string of the molecule is CSC(C)(C)CN1C(=O)C(C)NC1c1ccc(C)s1. The van der Waals surface area contributed by atoms with E-state index in [1.54, 1.807) is 23.1 Å². The van der Waals surface area contributed by atoms with Crippen LogP contribution < -0.4 is 5.32 Å². The first-order valence-electron chi connectivity index (χ1n) is 6.52. The predicted octanol–water partition coefficient (Wildman–Crippen LogP) is 3.02. The molecule has 0 bridgehead atoms.